The van der Waals surface area contributed by atoms with Crippen molar-refractivity contribution in [3.8, 4) is 5.75 Å². The first-order chi connectivity index (χ1) is 8.93. The molecule has 1 amide bonds. The van der Waals surface area contributed by atoms with Gasteiger partial charge in [-0.25, -0.2) is 9.18 Å². The summed E-state index contributed by atoms with van der Waals surface area (Å²) in [5, 5.41) is 11.6. The number of carboxylic acids is 1. The van der Waals surface area contributed by atoms with Gasteiger partial charge in [0.25, 0.3) is 5.91 Å². The molecule has 0 fully saturated rings. The van der Waals surface area contributed by atoms with Crippen LogP contribution in [-0.2, 0) is 4.79 Å². The summed E-state index contributed by atoms with van der Waals surface area (Å²) in [6, 6.07) is 3.07. The maximum Gasteiger partial charge on any atom is 0.339 e. The lowest BCUT2D eigenvalue weighted by Crippen LogP contribution is -2.35. The molecule has 0 aliphatic carbocycles. The van der Waals surface area contributed by atoms with Crippen LogP contribution in [0.3, 0.4) is 0 Å². The molecule has 5 nitrogen and oxygen atoms in total. The highest BCUT2D eigenvalue weighted by molar-refractivity contribution is 5.91. The highest BCUT2D eigenvalue weighted by Crippen LogP contribution is 2.19. The summed E-state index contributed by atoms with van der Waals surface area (Å²) in [4.78, 5) is 22.4. The smallest absolute Gasteiger partial charge is 0.339 e. The van der Waals surface area contributed by atoms with E-state index in [4.69, 9.17) is 9.84 Å². The number of aromatic carboxylic acids is 1. The molecule has 1 aromatic rings. The van der Waals surface area contributed by atoms with Gasteiger partial charge in [0.1, 0.15) is 17.1 Å². The van der Waals surface area contributed by atoms with E-state index in [1.807, 2.05) is 13.8 Å². The molecule has 0 aliphatic rings. The average Bonchev–Trinajstić information content (AvgIpc) is 2.35. The Balaban J connectivity index is 2.69. The highest BCUT2D eigenvalue weighted by Gasteiger charge is 2.14. The van der Waals surface area contributed by atoms with Gasteiger partial charge in [0.05, 0.1) is 0 Å². The fourth-order valence-electron chi connectivity index (χ4n) is 1.35. The lowest BCUT2D eigenvalue weighted by Gasteiger charge is -2.13. The molecular weight excluding hydrogens is 253 g/mol. The van der Waals surface area contributed by atoms with Gasteiger partial charge >= 0.3 is 5.97 Å². The lowest BCUT2D eigenvalue weighted by molar-refractivity contribution is -0.123. The van der Waals surface area contributed by atoms with Gasteiger partial charge in [0.15, 0.2) is 6.61 Å². The SMILES string of the molecule is CCC(C)NC(=O)COc1cc(F)ccc1C(=O)O. The van der Waals surface area contributed by atoms with E-state index in [2.05, 4.69) is 5.32 Å². The first kappa shape index (κ1) is 14.9. The van der Waals surface area contributed by atoms with E-state index in [9.17, 15) is 14.0 Å². The number of nitrogens with one attached hydrogen (secondary N) is 1. The number of hydrogen-bond acceptors (Lipinski definition) is 3. The molecule has 1 atom stereocenters. The maximum absolute atomic E-state index is 13.0. The van der Waals surface area contributed by atoms with Crippen LogP contribution in [0.2, 0.25) is 0 Å². The average molecular weight is 269 g/mol. The fourth-order valence-corrected chi connectivity index (χ4v) is 1.35. The topological polar surface area (TPSA) is 75.6 Å². The zero-order valence-electron chi connectivity index (χ0n) is 10.8. The van der Waals surface area contributed by atoms with Crippen LogP contribution >= 0.6 is 0 Å². The van der Waals surface area contributed by atoms with Crippen molar-refractivity contribution < 1.29 is 23.8 Å². The molecule has 19 heavy (non-hydrogen) atoms. The second kappa shape index (κ2) is 6.72. The van der Waals surface area contributed by atoms with Crippen molar-refractivity contribution in [3.05, 3.63) is 29.6 Å². The minimum Gasteiger partial charge on any atom is -0.483 e. The third-order valence-electron chi connectivity index (χ3n) is 2.55. The number of halogens is 1. The molecule has 1 unspecified atom stereocenters. The lowest BCUT2D eigenvalue weighted by atomic mass is 10.2. The summed E-state index contributed by atoms with van der Waals surface area (Å²) in [6.45, 7) is 3.40. The van der Waals surface area contributed by atoms with Gasteiger partial charge in [0, 0.05) is 12.1 Å². The van der Waals surface area contributed by atoms with Crippen LogP contribution in [0.25, 0.3) is 0 Å². The van der Waals surface area contributed by atoms with Crippen molar-refractivity contribution in [1.82, 2.24) is 5.32 Å². The summed E-state index contributed by atoms with van der Waals surface area (Å²) in [5.41, 5.74) is -0.183. The normalized spacial score (nSPS) is 11.7. The molecule has 1 aromatic carbocycles. The molecule has 6 heteroatoms. The molecule has 0 bridgehead atoms. The van der Waals surface area contributed by atoms with Gasteiger partial charge < -0.3 is 15.2 Å². The van der Waals surface area contributed by atoms with Crippen LogP contribution in [0.15, 0.2) is 18.2 Å². The Kier molecular flexibility index (Phi) is 5.29. The number of carboxylic acid groups (broad SMARTS) is 1. The van der Waals surface area contributed by atoms with Gasteiger partial charge in [-0.15, -0.1) is 0 Å². The second-order valence-electron chi connectivity index (χ2n) is 4.11. The van der Waals surface area contributed by atoms with Gasteiger partial charge in [-0.3, -0.25) is 4.79 Å². The summed E-state index contributed by atoms with van der Waals surface area (Å²) in [6.07, 6.45) is 0.770. The Morgan fingerprint density at radius 1 is 1.47 bits per heavy atom. The number of ether oxygens (including phenoxy) is 1. The number of benzene rings is 1. The quantitative estimate of drug-likeness (QED) is 0.826. The number of carbonyl (C=O) groups is 2. The van der Waals surface area contributed by atoms with Crippen molar-refractivity contribution in [2.75, 3.05) is 6.61 Å². The van der Waals surface area contributed by atoms with E-state index in [-0.39, 0.29) is 29.9 Å². The number of amides is 1. The minimum atomic E-state index is -1.24. The molecule has 104 valence electrons. The van der Waals surface area contributed by atoms with Crippen LogP contribution in [0.4, 0.5) is 4.39 Å². The van der Waals surface area contributed by atoms with Gasteiger partial charge in [-0.05, 0) is 25.5 Å². The molecule has 0 saturated carbocycles. The van der Waals surface area contributed by atoms with Crippen molar-refractivity contribution >= 4 is 11.9 Å². The van der Waals surface area contributed by atoms with Crippen molar-refractivity contribution in [3.63, 3.8) is 0 Å². The van der Waals surface area contributed by atoms with E-state index in [0.717, 1.165) is 24.6 Å². The molecule has 0 aromatic heterocycles. The van der Waals surface area contributed by atoms with Gasteiger partial charge in [-0.1, -0.05) is 6.92 Å². The molecule has 0 heterocycles. The van der Waals surface area contributed by atoms with Crippen molar-refractivity contribution in [2.45, 2.75) is 26.3 Å². The Hall–Kier alpha value is -2.11. The molecule has 0 spiro atoms. The number of rotatable bonds is 6. The largest absolute Gasteiger partial charge is 0.483 e. The van der Waals surface area contributed by atoms with Crippen LogP contribution in [-0.4, -0.2) is 29.6 Å². The third kappa shape index (κ3) is 4.57. The molecule has 0 saturated heterocycles. The highest BCUT2D eigenvalue weighted by atomic mass is 19.1. The number of hydrogen-bond donors (Lipinski definition) is 2. The van der Waals surface area contributed by atoms with Crippen molar-refractivity contribution in [1.29, 1.82) is 0 Å². The maximum atomic E-state index is 13.0. The number of carbonyl (C=O) groups excluding carboxylic acids is 1. The van der Waals surface area contributed by atoms with Gasteiger partial charge in [0.2, 0.25) is 0 Å². The monoisotopic (exact) mass is 269 g/mol. The Morgan fingerprint density at radius 3 is 2.74 bits per heavy atom. The van der Waals surface area contributed by atoms with Crippen LogP contribution in [0.5, 0.6) is 5.75 Å². The second-order valence-corrected chi connectivity index (χ2v) is 4.11. The van der Waals surface area contributed by atoms with Crippen LogP contribution < -0.4 is 10.1 Å². The van der Waals surface area contributed by atoms with E-state index in [1.54, 1.807) is 0 Å². The minimum absolute atomic E-state index is 0.00236. The standard InChI is InChI=1S/C13H16FNO4/c1-3-8(2)15-12(16)7-19-11-6-9(14)4-5-10(11)13(17)18/h4-6,8H,3,7H2,1-2H3,(H,15,16)(H,17,18). The molecule has 2 N–H and O–H groups in total. The summed E-state index contributed by atoms with van der Waals surface area (Å²) in [7, 11) is 0. The first-order valence-corrected chi connectivity index (χ1v) is 5.89. The Morgan fingerprint density at radius 2 is 2.16 bits per heavy atom. The van der Waals surface area contributed by atoms with Crippen molar-refractivity contribution in [2.24, 2.45) is 0 Å². The zero-order chi connectivity index (χ0) is 14.4. The van der Waals surface area contributed by atoms with E-state index < -0.39 is 11.8 Å². The molecule has 0 radical (unpaired) electrons. The van der Waals surface area contributed by atoms with Gasteiger partial charge in [-0.2, -0.15) is 0 Å². The zero-order valence-corrected chi connectivity index (χ0v) is 10.8. The third-order valence-corrected chi connectivity index (χ3v) is 2.55. The van der Waals surface area contributed by atoms with E-state index in [1.165, 1.54) is 0 Å². The summed E-state index contributed by atoms with van der Waals surface area (Å²) < 4.78 is 18.1. The first-order valence-electron chi connectivity index (χ1n) is 5.89. The fraction of sp³-hybridized carbons (Fsp3) is 0.385. The molecule has 0 aliphatic heterocycles. The molecular formula is C13H16FNO4. The Labute approximate surface area is 110 Å². The Bertz CT molecular complexity index is 476. The van der Waals surface area contributed by atoms with Crippen LogP contribution in [0, 0.1) is 5.82 Å². The van der Waals surface area contributed by atoms with E-state index in [0.29, 0.717) is 0 Å². The predicted octanol–water partition coefficient (Wildman–Crippen LogP) is 1.82. The predicted molar refractivity (Wildman–Crippen MR) is 66.8 cm³/mol. The van der Waals surface area contributed by atoms with E-state index >= 15 is 0 Å². The molecule has 1 rings (SSSR count). The van der Waals surface area contributed by atoms with Crippen LogP contribution in [0.1, 0.15) is 30.6 Å². The summed E-state index contributed by atoms with van der Waals surface area (Å²) >= 11 is 0. The summed E-state index contributed by atoms with van der Waals surface area (Å²) in [5.74, 6) is -2.40.